The Morgan fingerprint density at radius 3 is 2.91 bits per heavy atom. The van der Waals surface area contributed by atoms with E-state index in [0.717, 1.165) is 17.1 Å². The fourth-order valence-electron chi connectivity index (χ4n) is 2.10. The Morgan fingerprint density at radius 1 is 1.43 bits per heavy atom. The molecule has 0 bridgehead atoms. The maximum absolute atomic E-state index is 12.4. The first-order chi connectivity index (χ1) is 11.1. The second-order valence-corrected chi connectivity index (χ2v) is 5.94. The molecule has 2 heterocycles. The SMILES string of the molecule is CCc1nc(C)c(C(=O)Nc2cccc(-c3noc(=O)[nH]3)c2)s1. The van der Waals surface area contributed by atoms with Crippen molar-refractivity contribution >= 4 is 22.9 Å². The van der Waals surface area contributed by atoms with Gasteiger partial charge in [-0.25, -0.2) is 9.78 Å². The van der Waals surface area contributed by atoms with E-state index in [1.807, 2.05) is 13.8 Å². The van der Waals surface area contributed by atoms with Crippen molar-refractivity contribution in [3.63, 3.8) is 0 Å². The lowest BCUT2D eigenvalue weighted by molar-refractivity contribution is 0.103. The van der Waals surface area contributed by atoms with E-state index in [9.17, 15) is 9.59 Å². The van der Waals surface area contributed by atoms with Crippen molar-refractivity contribution in [2.45, 2.75) is 20.3 Å². The lowest BCUT2D eigenvalue weighted by atomic mass is 10.2. The lowest BCUT2D eigenvalue weighted by Crippen LogP contribution is -2.11. The third-order valence-electron chi connectivity index (χ3n) is 3.18. The van der Waals surface area contributed by atoms with E-state index in [2.05, 4.69) is 25.0 Å². The predicted octanol–water partition coefficient (Wildman–Crippen LogP) is 2.61. The van der Waals surface area contributed by atoms with Gasteiger partial charge < -0.3 is 5.32 Å². The van der Waals surface area contributed by atoms with Crippen molar-refractivity contribution in [1.82, 2.24) is 15.1 Å². The van der Waals surface area contributed by atoms with E-state index < -0.39 is 5.76 Å². The van der Waals surface area contributed by atoms with Crippen LogP contribution in [0.5, 0.6) is 0 Å². The van der Waals surface area contributed by atoms with Gasteiger partial charge in [0.05, 0.1) is 10.7 Å². The maximum Gasteiger partial charge on any atom is 0.439 e. The molecule has 3 aromatic rings. The molecule has 0 radical (unpaired) electrons. The normalized spacial score (nSPS) is 10.7. The van der Waals surface area contributed by atoms with Crippen molar-refractivity contribution < 1.29 is 9.32 Å². The van der Waals surface area contributed by atoms with Gasteiger partial charge in [-0.3, -0.25) is 14.3 Å². The largest absolute Gasteiger partial charge is 0.439 e. The van der Waals surface area contributed by atoms with Gasteiger partial charge >= 0.3 is 5.76 Å². The minimum absolute atomic E-state index is 0.203. The molecule has 2 aromatic heterocycles. The summed E-state index contributed by atoms with van der Waals surface area (Å²) >= 11 is 1.39. The van der Waals surface area contributed by atoms with Crippen molar-refractivity contribution in [1.29, 1.82) is 0 Å². The highest BCUT2D eigenvalue weighted by Gasteiger charge is 2.15. The van der Waals surface area contributed by atoms with Crippen LogP contribution < -0.4 is 11.1 Å². The molecule has 1 amide bonds. The van der Waals surface area contributed by atoms with Crippen LogP contribution >= 0.6 is 11.3 Å². The zero-order valence-electron chi connectivity index (χ0n) is 12.5. The van der Waals surface area contributed by atoms with E-state index in [-0.39, 0.29) is 5.91 Å². The molecule has 7 nitrogen and oxygen atoms in total. The Bertz CT molecular complexity index is 909. The number of hydrogen-bond donors (Lipinski definition) is 2. The van der Waals surface area contributed by atoms with Gasteiger partial charge in [0.15, 0.2) is 5.82 Å². The number of benzene rings is 1. The average molecular weight is 330 g/mol. The summed E-state index contributed by atoms with van der Waals surface area (Å²) in [7, 11) is 0. The van der Waals surface area contributed by atoms with E-state index in [1.165, 1.54) is 11.3 Å². The minimum Gasteiger partial charge on any atom is -0.321 e. The van der Waals surface area contributed by atoms with Gasteiger partial charge in [-0.05, 0) is 25.5 Å². The number of hydrogen-bond acceptors (Lipinski definition) is 6. The second-order valence-electron chi connectivity index (χ2n) is 4.85. The lowest BCUT2D eigenvalue weighted by Gasteiger charge is -2.05. The monoisotopic (exact) mass is 330 g/mol. The Labute approximate surface area is 135 Å². The number of carbonyl (C=O) groups is 1. The summed E-state index contributed by atoms with van der Waals surface area (Å²) in [5.41, 5.74) is 1.97. The standard InChI is InChI=1S/C15H14N4O3S/c1-3-11-16-8(2)12(23-11)14(20)17-10-6-4-5-9(7-10)13-18-15(21)22-19-13/h4-7H,3H2,1-2H3,(H,17,20)(H,18,19,21). The summed E-state index contributed by atoms with van der Waals surface area (Å²) in [5.74, 6) is -0.513. The third-order valence-corrected chi connectivity index (χ3v) is 4.48. The summed E-state index contributed by atoms with van der Waals surface area (Å²) in [6, 6.07) is 6.99. The first kappa shape index (κ1) is 15.2. The molecule has 1 aromatic carbocycles. The van der Waals surface area contributed by atoms with E-state index >= 15 is 0 Å². The van der Waals surface area contributed by atoms with Gasteiger partial charge in [-0.1, -0.05) is 24.2 Å². The molecule has 23 heavy (non-hydrogen) atoms. The molecule has 2 N–H and O–H groups in total. The highest BCUT2D eigenvalue weighted by Crippen LogP contribution is 2.22. The molecule has 0 aliphatic rings. The molecular weight excluding hydrogens is 316 g/mol. The first-order valence-electron chi connectivity index (χ1n) is 7.01. The number of thiazole rings is 1. The zero-order valence-corrected chi connectivity index (χ0v) is 13.4. The molecule has 0 saturated heterocycles. The van der Waals surface area contributed by atoms with Crippen LogP contribution in [0.2, 0.25) is 0 Å². The number of nitrogens with one attached hydrogen (secondary N) is 2. The molecule has 0 unspecified atom stereocenters. The van der Waals surface area contributed by atoms with Gasteiger partial charge in [0.2, 0.25) is 0 Å². The molecule has 0 saturated carbocycles. The summed E-state index contributed by atoms with van der Waals surface area (Å²) in [4.78, 5) is 30.8. The Hall–Kier alpha value is -2.74. The molecule has 3 rings (SSSR count). The summed E-state index contributed by atoms with van der Waals surface area (Å²) in [6.07, 6.45) is 0.799. The Morgan fingerprint density at radius 2 is 2.26 bits per heavy atom. The van der Waals surface area contributed by atoms with Gasteiger partial charge in [-0.2, -0.15) is 0 Å². The fraction of sp³-hybridized carbons (Fsp3) is 0.200. The van der Waals surface area contributed by atoms with Gasteiger partial charge in [0.1, 0.15) is 4.88 Å². The second kappa shape index (κ2) is 6.17. The van der Waals surface area contributed by atoms with Crippen molar-refractivity contribution in [3.8, 4) is 11.4 Å². The van der Waals surface area contributed by atoms with Crippen LogP contribution in [0.3, 0.4) is 0 Å². The number of aromatic nitrogens is 3. The van der Waals surface area contributed by atoms with Crippen LogP contribution in [0.25, 0.3) is 11.4 Å². The molecule has 118 valence electrons. The number of rotatable bonds is 4. The zero-order chi connectivity index (χ0) is 16.4. The van der Waals surface area contributed by atoms with Crippen LogP contribution in [-0.4, -0.2) is 21.0 Å². The third kappa shape index (κ3) is 3.21. The predicted molar refractivity (Wildman–Crippen MR) is 86.7 cm³/mol. The van der Waals surface area contributed by atoms with Crippen molar-refractivity contribution in [2.75, 3.05) is 5.32 Å². The number of anilines is 1. The van der Waals surface area contributed by atoms with E-state index in [4.69, 9.17) is 0 Å². The van der Waals surface area contributed by atoms with E-state index in [1.54, 1.807) is 24.3 Å². The number of aryl methyl sites for hydroxylation is 2. The number of aromatic amines is 1. The molecular formula is C15H14N4O3S. The van der Waals surface area contributed by atoms with Crippen LogP contribution in [0.15, 0.2) is 33.6 Å². The maximum atomic E-state index is 12.4. The molecule has 8 heteroatoms. The first-order valence-corrected chi connectivity index (χ1v) is 7.82. The van der Waals surface area contributed by atoms with Crippen molar-refractivity contribution in [3.05, 3.63) is 50.4 Å². The molecule has 0 spiro atoms. The Kier molecular flexibility index (Phi) is 4.07. The number of amides is 1. The minimum atomic E-state index is -0.623. The smallest absolute Gasteiger partial charge is 0.321 e. The van der Waals surface area contributed by atoms with Gasteiger partial charge in [0.25, 0.3) is 5.91 Å². The van der Waals surface area contributed by atoms with Crippen LogP contribution in [-0.2, 0) is 6.42 Å². The summed E-state index contributed by atoms with van der Waals surface area (Å²) < 4.78 is 4.48. The summed E-state index contributed by atoms with van der Waals surface area (Å²) in [6.45, 7) is 3.82. The molecule has 0 aliphatic carbocycles. The van der Waals surface area contributed by atoms with E-state index in [0.29, 0.717) is 22.0 Å². The Balaban J connectivity index is 1.84. The van der Waals surface area contributed by atoms with Crippen molar-refractivity contribution in [2.24, 2.45) is 0 Å². The molecule has 0 atom stereocenters. The number of carbonyl (C=O) groups excluding carboxylic acids is 1. The van der Waals surface area contributed by atoms with Crippen LogP contribution in [0, 0.1) is 6.92 Å². The van der Waals surface area contributed by atoms with Crippen LogP contribution in [0.4, 0.5) is 5.69 Å². The van der Waals surface area contributed by atoms with Gasteiger partial charge in [0, 0.05) is 11.3 Å². The van der Waals surface area contributed by atoms with Gasteiger partial charge in [-0.15, -0.1) is 11.3 Å². The summed E-state index contributed by atoms with van der Waals surface area (Å²) in [5, 5.41) is 7.40. The topological polar surface area (TPSA) is 101 Å². The highest BCUT2D eigenvalue weighted by molar-refractivity contribution is 7.13. The number of H-pyrrole nitrogens is 1. The number of nitrogens with zero attached hydrogens (tertiary/aromatic N) is 2. The molecule has 0 aliphatic heterocycles. The fourth-order valence-corrected chi connectivity index (χ4v) is 3.00. The molecule has 0 fully saturated rings. The van der Waals surface area contributed by atoms with Crippen LogP contribution in [0.1, 0.15) is 27.3 Å². The highest BCUT2D eigenvalue weighted by atomic mass is 32.1. The quantitative estimate of drug-likeness (QED) is 0.766. The average Bonchev–Trinajstić information content (AvgIpc) is 3.13.